The van der Waals surface area contributed by atoms with Gasteiger partial charge in [-0.1, -0.05) is 346 Å². The Hall–Kier alpha value is -19.4. The molecule has 0 fully saturated rings. The van der Waals surface area contributed by atoms with E-state index in [1.54, 1.807) is 0 Å². The summed E-state index contributed by atoms with van der Waals surface area (Å²) in [6.45, 7) is 0.263. The standard InChI is InChI=1S/C36H22BNO2.C36H21BO2.C34H19BO2.C30H18BNO2/c1-5-13-30-26(9-1)27-10-2-6-14-31(27)38(30)24-19-17-23(18-20-24)25-21-22-34-35-36(25)40-33-16-8-4-12-29(33)37(35)28-11-3-7-15-32(28)39-34;1-2-11-26-24(9-1)25-10-3-4-12-27(25)29-21-22(17-18-28(26)29)23-19-20-34-35-36(23)39-33-16-8-6-14-31(33)37(35)30-13-5-7-15-32(30)38-34;1-3-10-28-26(8-1)35-27-9-2-4-11-29(27)37-34-25(18-19-30(36-28)33(34)35)23-16-14-22-13-12-20-6-5-7-21-15-17-24(23)32(22)31(20)21;1-5-13-23-19(9-1)20-10-2-6-14-24(20)32(23)25-17-18-28-29-30(25)34-27-16-8-4-12-22(27)31(29)21-11-3-7-15-26(21)33-28/h1-22H;1-21H;1-19H;1-18H. The molecule has 0 aliphatic carbocycles. The van der Waals surface area contributed by atoms with E-state index in [0.717, 1.165) is 164 Å². The van der Waals surface area contributed by atoms with Gasteiger partial charge in [-0.3, -0.25) is 0 Å². The van der Waals surface area contributed by atoms with Gasteiger partial charge >= 0.3 is 0 Å². The molecule has 10 nitrogen and oxygen atoms in total. The normalized spacial score (nSPS) is 13.0. The number of hydrogen-bond donors (Lipinski definition) is 0. The summed E-state index contributed by atoms with van der Waals surface area (Å²) < 4.78 is 57.1. The minimum absolute atomic E-state index is 0.0629. The van der Waals surface area contributed by atoms with E-state index in [1.807, 2.05) is 42.5 Å². The fourth-order valence-corrected chi connectivity index (χ4v) is 25.6. The second kappa shape index (κ2) is 33.1. The first-order chi connectivity index (χ1) is 74.4. The Morgan fingerprint density at radius 1 is 0.153 bits per heavy atom. The van der Waals surface area contributed by atoms with Crippen LogP contribution in [0.15, 0.2) is 485 Å². The molecule has 0 radical (unpaired) electrons. The molecular formula is C136H80B4N2O8. The van der Waals surface area contributed by atoms with Gasteiger partial charge in [0.05, 0.1) is 27.8 Å². The van der Waals surface area contributed by atoms with E-state index < -0.39 is 0 Å². The van der Waals surface area contributed by atoms with Crippen molar-refractivity contribution >= 4 is 201 Å². The number of para-hydroxylation sites is 12. The Morgan fingerprint density at radius 2 is 0.427 bits per heavy atom. The van der Waals surface area contributed by atoms with Crippen molar-refractivity contribution in [3.8, 4) is 137 Å². The third-order valence-corrected chi connectivity index (χ3v) is 32.0. The van der Waals surface area contributed by atoms with Crippen LogP contribution in [0.25, 0.3) is 153 Å². The van der Waals surface area contributed by atoms with Crippen LogP contribution in [0.3, 0.4) is 0 Å². The monoisotopic (exact) mass is 1910 g/mol. The molecule has 8 aliphatic rings. The molecule has 150 heavy (non-hydrogen) atoms. The van der Waals surface area contributed by atoms with E-state index in [0.29, 0.717) is 0 Å². The predicted octanol–water partition coefficient (Wildman–Crippen LogP) is 27.2. The summed E-state index contributed by atoms with van der Waals surface area (Å²) in [5.74, 6) is 14.2. The SMILES string of the molecule is c1ccc2c(c1)Oc1ccc(-c3ccc(-n4c5ccccc5c5ccccc54)cc3)c3c1B2c1ccccc1O3.c1ccc2c(c1)Oc1ccc(-c3ccc4c5ccccc5c5ccccc5c4c3)c3c1B2c1ccccc1O3.c1ccc2c(c1)Oc1ccc(-c3ccc4ccc5cccc6ccc3c4c56)c3c1B2c1ccccc1O3.c1ccc2c(c1)Oc1ccc(-n3c4ccccc4c4ccccc43)c3c1B2c1ccccc1O3. The van der Waals surface area contributed by atoms with Gasteiger partial charge in [-0.05, 0) is 265 Å². The molecule has 8 aliphatic heterocycles. The van der Waals surface area contributed by atoms with Crippen LogP contribution in [-0.2, 0) is 0 Å². The highest BCUT2D eigenvalue weighted by Gasteiger charge is 2.47. The van der Waals surface area contributed by atoms with E-state index in [9.17, 15) is 0 Å². The molecule has 0 unspecified atom stereocenters. The Kier molecular flexibility index (Phi) is 18.5. The highest BCUT2D eigenvalue weighted by atomic mass is 16.5. The van der Waals surface area contributed by atoms with Crippen molar-refractivity contribution in [1.82, 2.24) is 9.13 Å². The van der Waals surface area contributed by atoms with Crippen molar-refractivity contribution in [1.29, 1.82) is 0 Å². The van der Waals surface area contributed by atoms with Crippen molar-refractivity contribution in [3.63, 3.8) is 0 Å². The van der Waals surface area contributed by atoms with Crippen molar-refractivity contribution in [2.75, 3.05) is 0 Å². The second-order valence-electron chi connectivity index (χ2n) is 39.8. The van der Waals surface area contributed by atoms with Gasteiger partial charge in [0.25, 0.3) is 26.9 Å². The van der Waals surface area contributed by atoms with Crippen molar-refractivity contribution < 1.29 is 37.9 Å². The van der Waals surface area contributed by atoms with Gasteiger partial charge in [-0.15, -0.1) is 0 Å². The number of hydrogen-bond acceptors (Lipinski definition) is 8. The number of ether oxygens (including phenoxy) is 8. The number of fused-ring (bicyclic) bond motifs is 28. The fourth-order valence-electron chi connectivity index (χ4n) is 25.6. The predicted molar refractivity (Wildman–Crippen MR) is 618 cm³/mol. The van der Waals surface area contributed by atoms with E-state index in [2.05, 4.69) is 452 Å². The minimum Gasteiger partial charge on any atom is -0.458 e. The van der Waals surface area contributed by atoms with E-state index >= 15 is 0 Å². The van der Waals surface area contributed by atoms with Gasteiger partial charge in [-0.2, -0.15) is 0 Å². The number of nitrogens with zero attached hydrogens (tertiary/aromatic N) is 2. The molecule has 0 bridgehead atoms. The van der Waals surface area contributed by atoms with E-state index in [1.165, 1.54) is 146 Å². The molecule has 0 atom stereocenters. The van der Waals surface area contributed by atoms with Gasteiger partial charge < -0.3 is 47.0 Å². The van der Waals surface area contributed by atoms with Crippen molar-refractivity contribution in [2.24, 2.45) is 0 Å². The lowest BCUT2D eigenvalue weighted by Crippen LogP contribution is -2.57. The first-order valence-electron chi connectivity index (χ1n) is 51.3. The van der Waals surface area contributed by atoms with Gasteiger partial charge in [0.2, 0.25) is 0 Å². The number of aromatic nitrogens is 2. The lowest BCUT2D eigenvalue weighted by Gasteiger charge is -2.34. The smallest absolute Gasteiger partial charge is 0.260 e. The third-order valence-electron chi connectivity index (χ3n) is 32.0. The first kappa shape index (κ1) is 84.0. The van der Waals surface area contributed by atoms with Gasteiger partial charge in [0.1, 0.15) is 92.0 Å². The molecule has 0 N–H and O–H groups in total. The van der Waals surface area contributed by atoms with Crippen LogP contribution < -0.4 is 103 Å². The van der Waals surface area contributed by atoms with Gasteiger partial charge in [-0.25, -0.2) is 0 Å². The lowest BCUT2D eigenvalue weighted by atomic mass is 9.34. The molecule has 0 amide bonds. The largest absolute Gasteiger partial charge is 0.458 e. The fraction of sp³-hybridized carbons (Fsp3) is 0. The van der Waals surface area contributed by atoms with Crippen molar-refractivity contribution in [3.05, 3.63) is 485 Å². The maximum atomic E-state index is 6.74. The van der Waals surface area contributed by atoms with Crippen LogP contribution in [-0.4, -0.2) is 36.0 Å². The van der Waals surface area contributed by atoms with E-state index in [-0.39, 0.29) is 26.9 Å². The molecule has 27 aromatic rings. The zero-order valence-electron chi connectivity index (χ0n) is 80.7. The summed E-state index contributed by atoms with van der Waals surface area (Å²) in [6.07, 6.45) is 0. The summed E-state index contributed by atoms with van der Waals surface area (Å²) in [5, 5.41) is 20.3. The molecular weight excluding hydrogens is 1830 g/mol. The van der Waals surface area contributed by atoms with Crippen LogP contribution in [0.1, 0.15) is 0 Å². The number of rotatable bonds is 5. The number of benzene rings is 25. The average Bonchev–Trinajstić information content (AvgIpc) is 1.32. The zero-order valence-corrected chi connectivity index (χ0v) is 80.7. The molecule has 2 aromatic heterocycles. The molecule has 35 rings (SSSR count). The highest BCUT2D eigenvalue weighted by molar-refractivity contribution is 7.00. The Bertz CT molecular complexity index is 10300. The first-order valence-corrected chi connectivity index (χ1v) is 51.3. The third kappa shape index (κ3) is 12.7. The molecule has 0 saturated carbocycles. The quantitative estimate of drug-likeness (QED) is 0.124. The van der Waals surface area contributed by atoms with Crippen LogP contribution in [0.2, 0.25) is 0 Å². The maximum absolute atomic E-state index is 6.74. The van der Waals surface area contributed by atoms with Crippen LogP contribution in [0.4, 0.5) is 0 Å². The van der Waals surface area contributed by atoms with Gasteiger partial charge in [0, 0.05) is 65.8 Å². The Labute approximate surface area is 863 Å². The Morgan fingerprint density at radius 3 is 0.833 bits per heavy atom. The summed E-state index contributed by atoms with van der Waals surface area (Å²) in [7, 11) is 0. The summed E-state index contributed by atoms with van der Waals surface area (Å²) >= 11 is 0. The van der Waals surface area contributed by atoms with Gasteiger partial charge in [0.15, 0.2) is 0 Å². The molecule has 25 aromatic carbocycles. The maximum Gasteiger partial charge on any atom is 0.260 e. The lowest BCUT2D eigenvalue weighted by molar-refractivity contribution is 0.463. The van der Waals surface area contributed by atoms with Crippen LogP contribution >= 0.6 is 0 Å². The van der Waals surface area contributed by atoms with Crippen molar-refractivity contribution in [2.45, 2.75) is 0 Å². The highest BCUT2D eigenvalue weighted by Crippen LogP contribution is 2.51. The summed E-state index contributed by atoms with van der Waals surface area (Å²) in [6, 6.07) is 171. The van der Waals surface area contributed by atoms with E-state index in [4.69, 9.17) is 37.9 Å². The topological polar surface area (TPSA) is 83.7 Å². The molecule has 14 heteroatoms. The molecule has 0 saturated heterocycles. The minimum atomic E-state index is 0.0629. The Balaban J connectivity index is 0.0000000884. The summed E-state index contributed by atoms with van der Waals surface area (Å²) in [4.78, 5) is 0. The second-order valence-corrected chi connectivity index (χ2v) is 39.8. The van der Waals surface area contributed by atoms with Crippen LogP contribution in [0, 0.1) is 0 Å². The summed E-state index contributed by atoms with van der Waals surface area (Å²) in [5.41, 5.74) is 27.4. The molecule has 10 heterocycles. The zero-order chi connectivity index (χ0) is 98.0. The average molecular weight is 1910 g/mol. The molecule has 694 valence electrons. The molecule has 0 spiro atoms. The van der Waals surface area contributed by atoms with Crippen LogP contribution in [0.5, 0.6) is 92.0 Å².